The molecule has 2 nitrogen and oxygen atoms in total. The van der Waals surface area contributed by atoms with Crippen molar-refractivity contribution >= 4 is 10.8 Å². The van der Waals surface area contributed by atoms with Gasteiger partial charge in [-0.1, -0.05) is 20.8 Å². The van der Waals surface area contributed by atoms with Gasteiger partial charge in [0, 0.05) is 28.3 Å². The Morgan fingerprint density at radius 3 is 2.46 bits per heavy atom. The Hall–Kier alpha value is 0.110. The second-order valence-electron chi connectivity index (χ2n) is 4.02. The van der Waals surface area contributed by atoms with Crippen LogP contribution in [0.2, 0.25) is 0 Å². The molecule has 0 saturated carbocycles. The average molecular weight is 205 g/mol. The quantitative estimate of drug-likeness (QED) is 0.690. The zero-order valence-corrected chi connectivity index (χ0v) is 9.90. The normalized spacial score (nSPS) is 16.1. The molecule has 0 bridgehead atoms. The van der Waals surface area contributed by atoms with E-state index in [1.54, 1.807) is 0 Å². The first kappa shape index (κ1) is 13.1. The molecule has 80 valence electrons. The minimum atomic E-state index is -0.624. The third-order valence-electron chi connectivity index (χ3n) is 1.99. The summed E-state index contributed by atoms with van der Waals surface area (Å²) in [6.07, 6.45) is 3.05. The molecule has 0 amide bonds. The fourth-order valence-electron chi connectivity index (χ4n) is 1.17. The molecule has 0 aliphatic rings. The van der Waals surface area contributed by atoms with E-state index in [-0.39, 0.29) is 0 Å². The van der Waals surface area contributed by atoms with Crippen LogP contribution < -0.4 is 5.73 Å². The number of nitrogens with two attached hydrogens (primary N) is 1. The predicted molar refractivity (Wildman–Crippen MR) is 60.2 cm³/mol. The summed E-state index contributed by atoms with van der Waals surface area (Å²) in [5, 5.41) is 0. The molecule has 0 rings (SSSR count). The molecule has 0 aliphatic heterocycles. The van der Waals surface area contributed by atoms with Crippen LogP contribution in [0.5, 0.6) is 0 Å². The Morgan fingerprint density at radius 2 is 2.00 bits per heavy atom. The van der Waals surface area contributed by atoms with E-state index in [9.17, 15) is 4.21 Å². The van der Waals surface area contributed by atoms with E-state index in [0.717, 1.165) is 30.8 Å². The van der Waals surface area contributed by atoms with Gasteiger partial charge in [-0.2, -0.15) is 0 Å². The molecule has 2 N–H and O–H groups in total. The predicted octanol–water partition coefficient (Wildman–Crippen LogP) is 1.91. The SMILES string of the molecule is CCC(N)CCCS(=O)CC(C)C. The Balaban J connectivity index is 3.37. The van der Waals surface area contributed by atoms with Gasteiger partial charge in [-0.25, -0.2) is 0 Å². The van der Waals surface area contributed by atoms with Crippen LogP contribution in [0, 0.1) is 5.92 Å². The van der Waals surface area contributed by atoms with E-state index < -0.39 is 10.8 Å². The number of hydrogen-bond donors (Lipinski definition) is 1. The van der Waals surface area contributed by atoms with Gasteiger partial charge in [0.1, 0.15) is 0 Å². The molecule has 2 unspecified atom stereocenters. The van der Waals surface area contributed by atoms with Gasteiger partial charge in [0.05, 0.1) is 0 Å². The molecule has 0 fully saturated rings. The highest BCUT2D eigenvalue weighted by atomic mass is 32.2. The summed E-state index contributed by atoms with van der Waals surface area (Å²) in [6, 6.07) is 0.302. The van der Waals surface area contributed by atoms with Crippen LogP contribution in [-0.2, 0) is 10.8 Å². The summed E-state index contributed by atoms with van der Waals surface area (Å²) in [5.41, 5.74) is 5.76. The van der Waals surface area contributed by atoms with E-state index in [0.29, 0.717) is 12.0 Å². The average Bonchev–Trinajstić information content (AvgIpc) is 2.02. The largest absolute Gasteiger partial charge is 0.328 e. The van der Waals surface area contributed by atoms with Gasteiger partial charge in [0.15, 0.2) is 0 Å². The van der Waals surface area contributed by atoms with Crippen molar-refractivity contribution in [3.05, 3.63) is 0 Å². The first-order chi connectivity index (χ1) is 6.06. The van der Waals surface area contributed by atoms with Crippen molar-refractivity contribution in [1.29, 1.82) is 0 Å². The minimum absolute atomic E-state index is 0.302. The Morgan fingerprint density at radius 1 is 1.38 bits per heavy atom. The van der Waals surface area contributed by atoms with Crippen molar-refractivity contribution in [3.8, 4) is 0 Å². The van der Waals surface area contributed by atoms with Crippen LogP contribution in [0.25, 0.3) is 0 Å². The summed E-state index contributed by atoms with van der Waals surface area (Å²) in [6.45, 7) is 6.31. The second kappa shape index (κ2) is 7.51. The molecule has 0 aliphatic carbocycles. The van der Waals surface area contributed by atoms with E-state index in [2.05, 4.69) is 20.8 Å². The third kappa shape index (κ3) is 8.44. The van der Waals surface area contributed by atoms with Gasteiger partial charge >= 0.3 is 0 Å². The van der Waals surface area contributed by atoms with Crippen molar-refractivity contribution in [2.75, 3.05) is 11.5 Å². The lowest BCUT2D eigenvalue weighted by molar-refractivity contribution is 0.584. The third-order valence-corrected chi connectivity index (χ3v) is 3.77. The molecule has 0 radical (unpaired) electrons. The van der Waals surface area contributed by atoms with Gasteiger partial charge < -0.3 is 5.73 Å². The van der Waals surface area contributed by atoms with Crippen molar-refractivity contribution in [2.24, 2.45) is 11.7 Å². The molecule has 0 aromatic heterocycles. The zero-order chi connectivity index (χ0) is 10.3. The first-order valence-electron chi connectivity index (χ1n) is 5.16. The van der Waals surface area contributed by atoms with Crippen LogP contribution in [0.15, 0.2) is 0 Å². The molecule has 2 atom stereocenters. The van der Waals surface area contributed by atoms with Gasteiger partial charge in [-0.15, -0.1) is 0 Å². The smallest absolute Gasteiger partial charge is 0.0257 e. The summed E-state index contributed by atoms with van der Waals surface area (Å²) >= 11 is 0. The highest BCUT2D eigenvalue weighted by molar-refractivity contribution is 7.84. The lowest BCUT2D eigenvalue weighted by Crippen LogP contribution is -2.19. The maximum atomic E-state index is 11.4. The van der Waals surface area contributed by atoms with Crippen LogP contribution in [0.3, 0.4) is 0 Å². The lowest BCUT2D eigenvalue weighted by atomic mass is 10.1. The molecule has 0 heterocycles. The molecule has 0 spiro atoms. The molecule has 0 saturated heterocycles. The number of hydrogen-bond acceptors (Lipinski definition) is 2. The second-order valence-corrected chi connectivity index (χ2v) is 5.64. The monoisotopic (exact) mass is 205 g/mol. The highest BCUT2D eigenvalue weighted by Crippen LogP contribution is 2.02. The van der Waals surface area contributed by atoms with Crippen molar-refractivity contribution in [3.63, 3.8) is 0 Å². The highest BCUT2D eigenvalue weighted by Gasteiger charge is 2.04. The van der Waals surface area contributed by atoms with Crippen molar-refractivity contribution in [1.82, 2.24) is 0 Å². The molecule has 13 heavy (non-hydrogen) atoms. The van der Waals surface area contributed by atoms with Crippen molar-refractivity contribution < 1.29 is 4.21 Å². The molecular formula is C10H23NOS. The standard InChI is InChI=1S/C10H23NOS/c1-4-10(11)6-5-7-13(12)8-9(2)3/h9-10H,4-8,11H2,1-3H3. The summed E-state index contributed by atoms with van der Waals surface area (Å²) < 4.78 is 11.4. The van der Waals surface area contributed by atoms with Gasteiger partial charge in [-0.05, 0) is 25.2 Å². The first-order valence-corrected chi connectivity index (χ1v) is 6.65. The fourth-order valence-corrected chi connectivity index (χ4v) is 2.56. The lowest BCUT2D eigenvalue weighted by Gasteiger charge is -2.08. The molecule has 0 aromatic carbocycles. The maximum Gasteiger partial charge on any atom is 0.0257 e. The van der Waals surface area contributed by atoms with Gasteiger partial charge in [0.25, 0.3) is 0 Å². The van der Waals surface area contributed by atoms with Crippen LogP contribution >= 0.6 is 0 Å². The van der Waals surface area contributed by atoms with E-state index in [4.69, 9.17) is 5.73 Å². The maximum absolute atomic E-state index is 11.4. The van der Waals surface area contributed by atoms with Gasteiger partial charge in [0.2, 0.25) is 0 Å². The summed E-state index contributed by atoms with van der Waals surface area (Å²) in [5.74, 6) is 2.20. The Labute approximate surface area is 84.7 Å². The topological polar surface area (TPSA) is 43.1 Å². The fraction of sp³-hybridized carbons (Fsp3) is 1.00. The molecular weight excluding hydrogens is 182 g/mol. The van der Waals surface area contributed by atoms with Gasteiger partial charge in [-0.3, -0.25) is 4.21 Å². The summed E-state index contributed by atoms with van der Waals surface area (Å²) in [4.78, 5) is 0. The van der Waals surface area contributed by atoms with Crippen molar-refractivity contribution in [2.45, 2.75) is 46.1 Å². The van der Waals surface area contributed by atoms with E-state index in [1.807, 2.05) is 0 Å². The van der Waals surface area contributed by atoms with Crippen LogP contribution in [-0.4, -0.2) is 21.8 Å². The van der Waals surface area contributed by atoms with E-state index >= 15 is 0 Å². The Bertz CT molecular complexity index is 148. The molecule has 0 aromatic rings. The van der Waals surface area contributed by atoms with Crippen LogP contribution in [0.1, 0.15) is 40.0 Å². The summed E-state index contributed by atoms with van der Waals surface area (Å²) in [7, 11) is -0.624. The minimum Gasteiger partial charge on any atom is -0.328 e. The zero-order valence-electron chi connectivity index (χ0n) is 9.08. The van der Waals surface area contributed by atoms with Crippen LogP contribution in [0.4, 0.5) is 0 Å². The number of rotatable bonds is 7. The molecule has 3 heteroatoms. The Kier molecular flexibility index (Phi) is 7.57. The van der Waals surface area contributed by atoms with E-state index in [1.165, 1.54) is 0 Å².